The molecule has 10 heteroatoms. The molecule has 9 nitrogen and oxygen atoms in total. The number of aromatic nitrogens is 4. The molecule has 0 radical (unpaired) electrons. The van der Waals surface area contributed by atoms with Gasteiger partial charge in [0.25, 0.3) is 5.56 Å². The molecule has 0 spiro atoms. The molecule has 1 saturated heterocycles. The molecule has 1 fully saturated rings. The van der Waals surface area contributed by atoms with Crippen LogP contribution in [0.15, 0.2) is 53.5 Å². The molecule has 0 aliphatic carbocycles. The number of fused-ring (bicyclic) bond motifs is 1. The third kappa shape index (κ3) is 4.76. The van der Waals surface area contributed by atoms with Crippen molar-refractivity contribution in [2.75, 3.05) is 32.1 Å². The summed E-state index contributed by atoms with van der Waals surface area (Å²) in [6.07, 6.45) is 1.54. The number of hydrogen-bond acceptors (Lipinski definition) is 8. The molecule has 3 aromatic heterocycles. The number of ether oxygens (including phenoxy) is 1. The predicted octanol–water partition coefficient (Wildman–Crippen LogP) is 2.70. The molecule has 1 atom stereocenters. The summed E-state index contributed by atoms with van der Waals surface area (Å²) in [5, 5.41) is 16.8. The van der Waals surface area contributed by atoms with Crippen molar-refractivity contribution in [3.63, 3.8) is 0 Å². The molecule has 1 aliphatic rings. The standard InChI is InChI=1S/C25H25ClN6O3/c1-27-25-29-11-16-9-20(24(34)32(23(16)31-25)13-18-12-28-7-8-35-18)19-6-5-15(10-21(19)26)22-4-2-3-17(14-33)30-22/h2-6,9-11,18,28,33H,7-8,12-14H2,1H3,(H,27,29,31)/t18-/m0/s1. The summed E-state index contributed by atoms with van der Waals surface area (Å²) in [4.78, 5) is 27.1. The molecule has 0 saturated carbocycles. The van der Waals surface area contributed by atoms with Gasteiger partial charge >= 0.3 is 0 Å². The number of benzene rings is 1. The number of rotatable bonds is 6. The van der Waals surface area contributed by atoms with Crippen LogP contribution in [0.5, 0.6) is 0 Å². The largest absolute Gasteiger partial charge is 0.390 e. The highest BCUT2D eigenvalue weighted by Crippen LogP contribution is 2.31. The number of nitrogens with one attached hydrogen (secondary N) is 2. The van der Waals surface area contributed by atoms with Crippen molar-refractivity contribution in [3.05, 3.63) is 69.7 Å². The minimum atomic E-state index is -0.206. The number of anilines is 1. The first-order chi connectivity index (χ1) is 17.1. The molecular weight excluding hydrogens is 468 g/mol. The second-order valence-electron chi connectivity index (χ2n) is 8.26. The molecule has 1 aliphatic heterocycles. The fraction of sp³-hybridized carbons (Fsp3) is 0.280. The van der Waals surface area contributed by atoms with E-state index in [0.717, 1.165) is 17.5 Å². The summed E-state index contributed by atoms with van der Waals surface area (Å²) >= 11 is 6.70. The van der Waals surface area contributed by atoms with E-state index in [1.165, 1.54) is 0 Å². The maximum atomic E-state index is 13.8. The van der Waals surface area contributed by atoms with Gasteiger partial charge in [0, 0.05) is 53.4 Å². The van der Waals surface area contributed by atoms with E-state index in [4.69, 9.17) is 16.3 Å². The van der Waals surface area contributed by atoms with Crippen LogP contribution < -0.4 is 16.2 Å². The van der Waals surface area contributed by atoms with Gasteiger partial charge in [-0.25, -0.2) is 4.98 Å². The maximum Gasteiger partial charge on any atom is 0.260 e. The lowest BCUT2D eigenvalue weighted by Crippen LogP contribution is -2.42. The Bertz CT molecular complexity index is 1430. The van der Waals surface area contributed by atoms with Crippen LogP contribution in [0.3, 0.4) is 0 Å². The van der Waals surface area contributed by atoms with Crippen LogP contribution >= 0.6 is 11.6 Å². The van der Waals surface area contributed by atoms with E-state index >= 15 is 0 Å². The van der Waals surface area contributed by atoms with Crippen molar-refractivity contribution >= 4 is 28.6 Å². The highest BCUT2D eigenvalue weighted by molar-refractivity contribution is 6.33. The third-order valence-corrected chi connectivity index (χ3v) is 6.28. The van der Waals surface area contributed by atoms with E-state index in [1.807, 2.05) is 24.3 Å². The van der Waals surface area contributed by atoms with Gasteiger partial charge in [-0.05, 0) is 24.3 Å². The Morgan fingerprint density at radius 1 is 1.23 bits per heavy atom. The lowest BCUT2D eigenvalue weighted by molar-refractivity contribution is 0.0183. The first-order valence-electron chi connectivity index (χ1n) is 11.3. The minimum Gasteiger partial charge on any atom is -0.390 e. The lowest BCUT2D eigenvalue weighted by atomic mass is 10.0. The summed E-state index contributed by atoms with van der Waals surface area (Å²) in [7, 11) is 1.73. The second kappa shape index (κ2) is 10.1. The van der Waals surface area contributed by atoms with Crippen molar-refractivity contribution in [3.8, 4) is 22.4 Å². The molecule has 180 valence electrons. The van der Waals surface area contributed by atoms with Crippen molar-refractivity contribution in [1.82, 2.24) is 24.8 Å². The Morgan fingerprint density at radius 3 is 2.86 bits per heavy atom. The molecule has 0 bridgehead atoms. The SMILES string of the molecule is CNc1ncc2cc(-c3ccc(-c4cccc(CO)n4)cc3Cl)c(=O)n(C[C@@H]3CNCCO3)c2n1. The molecule has 0 unspecified atom stereocenters. The zero-order valence-electron chi connectivity index (χ0n) is 19.2. The molecule has 0 amide bonds. The van der Waals surface area contributed by atoms with E-state index in [-0.39, 0.29) is 18.3 Å². The molecule has 1 aromatic carbocycles. The molecule has 3 N–H and O–H groups in total. The Labute approximate surface area is 206 Å². The normalized spacial score (nSPS) is 15.9. The summed E-state index contributed by atoms with van der Waals surface area (Å²) in [6, 6.07) is 12.7. The Morgan fingerprint density at radius 2 is 2.11 bits per heavy atom. The minimum absolute atomic E-state index is 0.145. The molecule has 5 rings (SSSR count). The molecule has 4 heterocycles. The fourth-order valence-electron chi connectivity index (χ4n) is 4.20. The van der Waals surface area contributed by atoms with Gasteiger partial charge in [-0.1, -0.05) is 29.8 Å². The zero-order chi connectivity index (χ0) is 24.4. The number of aliphatic hydroxyl groups excluding tert-OH is 1. The van der Waals surface area contributed by atoms with Crippen molar-refractivity contribution in [1.29, 1.82) is 0 Å². The Hall–Kier alpha value is -3.37. The van der Waals surface area contributed by atoms with E-state index in [9.17, 15) is 9.90 Å². The number of hydrogen-bond donors (Lipinski definition) is 3. The van der Waals surface area contributed by atoms with Crippen molar-refractivity contribution < 1.29 is 9.84 Å². The van der Waals surface area contributed by atoms with E-state index < -0.39 is 0 Å². The van der Waals surface area contributed by atoms with Crippen molar-refractivity contribution in [2.24, 2.45) is 0 Å². The average molecular weight is 493 g/mol. The molecular formula is C25H25ClN6O3. The lowest BCUT2D eigenvalue weighted by Gasteiger charge is -2.25. The molecule has 4 aromatic rings. The number of pyridine rings is 2. The summed E-state index contributed by atoms with van der Waals surface area (Å²) in [5.41, 5.74) is 3.44. The zero-order valence-corrected chi connectivity index (χ0v) is 19.9. The van der Waals surface area contributed by atoms with Crippen LogP contribution in [-0.4, -0.2) is 57.5 Å². The number of morpholine rings is 1. The van der Waals surface area contributed by atoms with Crippen LogP contribution in [0, 0.1) is 0 Å². The third-order valence-electron chi connectivity index (χ3n) is 5.96. The second-order valence-corrected chi connectivity index (χ2v) is 8.67. The maximum absolute atomic E-state index is 13.8. The van der Waals surface area contributed by atoms with E-state index in [0.29, 0.717) is 58.8 Å². The number of halogens is 1. The summed E-state index contributed by atoms with van der Waals surface area (Å²) in [5.74, 6) is 0.432. The average Bonchev–Trinajstić information content (AvgIpc) is 2.90. The quantitative estimate of drug-likeness (QED) is 0.376. The van der Waals surface area contributed by atoms with Gasteiger partial charge in [0.05, 0.1) is 37.3 Å². The first kappa shape index (κ1) is 23.4. The number of nitrogens with zero attached hydrogens (tertiary/aromatic N) is 4. The monoisotopic (exact) mass is 492 g/mol. The molecule has 35 heavy (non-hydrogen) atoms. The van der Waals surface area contributed by atoms with Crippen LogP contribution in [-0.2, 0) is 17.9 Å². The smallest absolute Gasteiger partial charge is 0.260 e. The fourth-order valence-corrected chi connectivity index (χ4v) is 4.49. The van der Waals surface area contributed by atoms with Gasteiger partial charge in [0.2, 0.25) is 5.95 Å². The van der Waals surface area contributed by atoms with Gasteiger partial charge in [-0.2, -0.15) is 4.98 Å². The topological polar surface area (TPSA) is 114 Å². The highest BCUT2D eigenvalue weighted by atomic mass is 35.5. The highest BCUT2D eigenvalue weighted by Gasteiger charge is 2.20. The van der Waals surface area contributed by atoms with Gasteiger partial charge in [0.1, 0.15) is 5.65 Å². The van der Waals surface area contributed by atoms with Gasteiger partial charge in [-0.3, -0.25) is 14.3 Å². The summed E-state index contributed by atoms with van der Waals surface area (Å²) in [6.45, 7) is 2.23. The Balaban J connectivity index is 1.62. The van der Waals surface area contributed by atoms with Crippen LogP contribution in [0.4, 0.5) is 5.95 Å². The first-order valence-corrected chi connectivity index (χ1v) is 11.7. The van der Waals surface area contributed by atoms with Crippen molar-refractivity contribution in [2.45, 2.75) is 19.3 Å². The van der Waals surface area contributed by atoms with Crippen LogP contribution in [0.25, 0.3) is 33.4 Å². The van der Waals surface area contributed by atoms with E-state index in [1.54, 1.807) is 36.0 Å². The van der Waals surface area contributed by atoms with Crippen LogP contribution in [0.1, 0.15) is 5.69 Å². The summed E-state index contributed by atoms with van der Waals surface area (Å²) < 4.78 is 7.50. The Kier molecular flexibility index (Phi) is 6.74. The van der Waals surface area contributed by atoms with E-state index in [2.05, 4.69) is 25.6 Å². The number of aliphatic hydroxyl groups is 1. The van der Waals surface area contributed by atoms with Gasteiger partial charge in [0.15, 0.2) is 0 Å². The predicted molar refractivity (Wildman–Crippen MR) is 136 cm³/mol. The van der Waals surface area contributed by atoms with Gasteiger partial charge < -0.3 is 20.5 Å². The van der Waals surface area contributed by atoms with Crippen LogP contribution in [0.2, 0.25) is 5.02 Å². The van der Waals surface area contributed by atoms with Gasteiger partial charge in [-0.15, -0.1) is 0 Å².